The molecule has 0 aliphatic heterocycles. The fraction of sp³-hybridized carbons (Fsp3) is 0.667. The molecule has 1 N–H and O–H groups in total. The molecule has 4 saturated carbocycles. The molecule has 4 aliphatic carbocycles. The van der Waals surface area contributed by atoms with E-state index in [1.807, 2.05) is 37.3 Å². The first kappa shape index (κ1) is 16.0. The van der Waals surface area contributed by atoms with E-state index in [0.717, 1.165) is 30.0 Å². The van der Waals surface area contributed by atoms with Crippen LogP contribution in [0.15, 0.2) is 30.3 Å². The van der Waals surface area contributed by atoms with E-state index < -0.39 is 0 Å². The predicted octanol–water partition coefficient (Wildman–Crippen LogP) is 4.18. The summed E-state index contributed by atoms with van der Waals surface area (Å²) in [5.41, 5.74) is 0.384. The predicted molar refractivity (Wildman–Crippen MR) is 94.8 cm³/mol. The lowest BCUT2D eigenvalue weighted by atomic mass is 9.49. The summed E-state index contributed by atoms with van der Waals surface area (Å²) >= 11 is 0. The summed E-state index contributed by atoms with van der Waals surface area (Å²) in [6, 6.07) is 9.66. The highest BCUT2D eigenvalue weighted by Crippen LogP contribution is 2.59. The molecule has 0 heterocycles. The van der Waals surface area contributed by atoms with Gasteiger partial charge in [0.05, 0.1) is 0 Å². The number of carbonyl (C=O) groups excluding carboxylic acids is 1. The number of nitrogens with one attached hydrogen (secondary N) is 1. The normalized spacial score (nSPS) is 34.8. The number of rotatable bonds is 6. The summed E-state index contributed by atoms with van der Waals surface area (Å²) in [4.78, 5) is 12.6. The van der Waals surface area contributed by atoms with Crippen LogP contribution < -0.4 is 10.1 Å². The molecule has 3 nitrogen and oxygen atoms in total. The Morgan fingerprint density at radius 1 is 1.12 bits per heavy atom. The molecule has 1 aromatic carbocycles. The minimum atomic E-state index is -0.388. The van der Waals surface area contributed by atoms with Gasteiger partial charge in [-0.1, -0.05) is 25.1 Å². The number of ether oxygens (including phenoxy) is 1. The van der Waals surface area contributed by atoms with Crippen molar-refractivity contribution >= 4 is 5.91 Å². The molecule has 1 aromatic rings. The second-order valence-corrected chi connectivity index (χ2v) is 8.46. The van der Waals surface area contributed by atoms with Gasteiger partial charge in [-0.25, -0.2) is 0 Å². The zero-order valence-corrected chi connectivity index (χ0v) is 14.7. The number of para-hydroxylation sites is 1. The largest absolute Gasteiger partial charge is 0.481 e. The van der Waals surface area contributed by atoms with E-state index in [1.165, 1.54) is 38.5 Å². The zero-order chi connectivity index (χ0) is 16.6. The summed E-state index contributed by atoms with van der Waals surface area (Å²) in [6.45, 7) is 2.86. The van der Waals surface area contributed by atoms with Crippen molar-refractivity contribution in [1.29, 1.82) is 0 Å². The maximum atomic E-state index is 12.6. The van der Waals surface area contributed by atoms with Crippen LogP contribution in [0.25, 0.3) is 0 Å². The fourth-order valence-corrected chi connectivity index (χ4v) is 5.88. The van der Waals surface area contributed by atoms with Crippen molar-refractivity contribution in [2.45, 2.75) is 58.0 Å². The van der Waals surface area contributed by atoms with E-state index >= 15 is 0 Å². The Kier molecular flexibility index (Phi) is 4.28. The van der Waals surface area contributed by atoms with E-state index in [-0.39, 0.29) is 12.0 Å². The molecule has 1 atom stereocenters. The molecule has 24 heavy (non-hydrogen) atoms. The van der Waals surface area contributed by atoms with E-state index in [4.69, 9.17) is 4.74 Å². The first-order valence-corrected chi connectivity index (χ1v) is 9.65. The van der Waals surface area contributed by atoms with Crippen molar-refractivity contribution in [3.63, 3.8) is 0 Å². The van der Waals surface area contributed by atoms with Gasteiger partial charge in [-0.05, 0) is 80.2 Å². The summed E-state index contributed by atoms with van der Waals surface area (Å²) in [7, 11) is 0. The van der Waals surface area contributed by atoms with Crippen LogP contribution in [0.1, 0.15) is 51.9 Å². The monoisotopic (exact) mass is 327 g/mol. The molecule has 130 valence electrons. The van der Waals surface area contributed by atoms with Crippen LogP contribution in [0.2, 0.25) is 0 Å². The topological polar surface area (TPSA) is 38.3 Å². The van der Waals surface area contributed by atoms with Gasteiger partial charge in [-0.2, -0.15) is 0 Å². The Morgan fingerprint density at radius 3 is 2.25 bits per heavy atom. The molecule has 0 saturated heterocycles. The highest BCUT2D eigenvalue weighted by molar-refractivity contribution is 5.81. The molecule has 4 fully saturated rings. The van der Waals surface area contributed by atoms with Gasteiger partial charge in [0.25, 0.3) is 5.91 Å². The highest BCUT2D eigenvalue weighted by atomic mass is 16.5. The second kappa shape index (κ2) is 6.42. The van der Waals surface area contributed by atoms with Crippen LogP contribution in [0, 0.1) is 23.2 Å². The molecule has 4 aliphatic rings. The molecule has 4 bridgehead atoms. The lowest BCUT2D eigenvalue weighted by Crippen LogP contribution is -2.52. The van der Waals surface area contributed by atoms with Gasteiger partial charge in [0.15, 0.2) is 6.10 Å². The standard InChI is InChI=1S/C21H29NO2/c1-2-19(24-18-6-4-3-5-7-18)20(23)22-14-21-11-15-8-16(12-21)10-17(9-15)13-21/h3-7,15-17,19H,2,8-14H2,1H3,(H,22,23)/t15?,16?,17?,19-,21?/m0/s1. The number of hydrogen-bond acceptors (Lipinski definition) is 2. The zero-order valence-electron chi connectivity index (χ0n) is 14.7. The Hall–Kier alpha value is -1.51. The first-order valence-electron chi connectivity index (χ1n) is 9.65. The van der Waals surface area contributed by atoms with Crippen molar-refractivity contribution in [1.82, 2.24) is 5.32 Å². The molecular weight excluding hydrogens is 298 g/mol. The van der Waals surface area contributed by atoms with Gasteiger partial charge in [-0.15, -0.1) is 0 Å². The van der Waals surface area contributed by atoms with Crippen LogP contribution >= 0.6 is 0 Å². The number of amides is 1. The third-order valence-corrected chi connectivity index (χ3v) is 6.49. The van der Waals surface area contributed by atoms with Gasteiger partial charge < -0.3 is 10.1 Å². The Labute approximate surface area is 145 Å². The van der Waals surface area contributed by atoms with Gasteiger partial charge >= 0.3 is 0 Å². The molecule has 3 heteroatoms. The lowest BCUT2D eigenvalue weighted by Gasteiger charge is -2.57. The van der Waals surface area contributed by atoms with Crippen LogP contribution in [-0.2, 0) is 4.79 Å². The SMILES string of the molecule is CC[C@H](Oc1ccccc1)C(=O)NCC12CC3CC(CC(C3)C1)C2. The summed E-state index contributed by atoms with van der Waals surface area (Å²) in [5.74, 6) is 3.61. The summed E-state index contributed by atoms with van der Waals surface area (Å²) < 4.78 is 5.88. The Bertz CT molecular complexity index is 547. The van der Waals surface area contributed by atoms with Crippen LogP contribution in [0.4, 0.5) is 0 Å². The molecule has 0 spiro atoms. The third kappa shape index (κ3) is 3.18. The maximum Gasteiger partial charge on any atom is 0.261 e. The molecular formula is C21H29NO2. The summed E-state index contributed by atoms with van der Waals surface area (Å²) in [6.07, 6.45) is 8.63. The number of carbonyl (C=O) groups is 1. The van der Waals surface area contributed by atoms with Gasteiger partial charge in [-0.3, -0.25) is 4.79 Å². The van der Waals surface area contributed by atoms with Crippen molar-refractivity contribution in [3.05, 3.63) is 30.3 Å². The van der Waals surface area contributed by atoms with Gasteiger partial charge in [0.1, 0.15) is 5.75 Å². The first-order chi connectivity index (χ1) is 11.7. The smallest absolute Gasteiger partial charge is 0.261 e. The van der Waals surface area contributed by atoms with Crippen molar-refractivity contribution in [2.75, 3.05) is 6.54 Å². The van der Waals surface area contributed by atoms with Crippen molar-refractivity contribution in [2.24, 2.45) is 23.2 Å². The summed E-state index contributed by atoms with van der Waals surface area (Å²) in [5, 5.41) is 3.25. The minimum Gasteiger partial charge on any atom is -0.481 e. The van der Waals surface area contributed by atoms with E-state index in [1.54, 1.807) is 0 Å². The van der Waals surface area contributed by atoms with Crippen molar-refractivity contribution < 1.29 is 9.53 Å². The van der Waals surface area contributed by atoms with E-state index in [0.29, 0.717) is 11.8 Å². The number of benzene rings is 1. The Balaban J connectivity index is 1.35. The number of hydrogen-bond donors (Lipinski definition) is 1. The van der Waals surface area contributed by atoms with Crippen LogP contribution in [0.3, 0.4) is 0 Å². The average Bonchev–Trinajstić information content (AvgIpc) is 2.57. The van der Waals surface area contributed by atoms with E-state index in [9.17, 15) is 4.79 Å². The molecule has 0 unspecified atom stereocenters. The molecule has 0 aromatic heterocycles. The van der Waals surface area contributed by atoms with Crippen LogP contribution in [0.5, 0.6) is 5.75 Å². The second-order valence-electron chi connectivity index (χ2n) is 8.46. The van der Waals surface area contributed by atoms with Gasteiger partial charge in [0, 0.05) is 6.54 Å². The van der Waals surface area contributed by atoms with E-state index in [2.05, 4.69) is 5.32 Å². The van der Waals surface area contributed by atoms with Gasteiger partial charge in [0.2, 0.25) is 0 Å². The minimum absolute atomic E-state index is 0.0529. The Morgan fingerprint density at radius 2 is 1.71 bits per heavy atom. The molecule has 0 radical (unpaired) electrons. The van der Waals surface area contributed by atoms with Crippen molar-refractivity contribution in [3.8, 4) is 5.75 Å². The molecule has 5 rings (SSSR count). The van der Waals surface area contributed by atoms with Crippen LogP contribution in [-0.4, -0.2) is 18.6 Å². The maximum absolute atomic E-state index is 12.6. The highest BCUT2D eigenvalue weighted by Gasteiger charge is 2.50. The lowest BCUT2D eigenvalue weighted by molar-refractivity contribution is -0.130. The fourth-order valence-electron chi connectivity index (χ4n) is 5.88. The quantitative estimate of drug-likeness (QED) is 0.851. The average molecular weight is 327 g/mol. The third-order valence-electron chi connectivity index (χ3n) is 6.49. The molecule has 1 amide bonds.